The predicted molar refractivity (Wildman–Crippen MR) is 61.4 cm³/mol. The number of ether oxygens (including phenoxy) is 1. The van der Waals surface area contributed by atoms with E-state index < -0.39 is 29.7 Å². The molecule has 6 heteroatoms. The average Bonchev–Trinajstić information content (AvgIpc) is 2.41. The van der Waals surface area contributed by atoms with Gasteiger partial charge in [0.25, 0.3) is 0 Å². The monoisotopic (exact) mass is 244 g/mol. The van der Waals surface area contributed by atoms with Gasteiger partial charge in [-0.3, -0.25) is 15.0 Å². The zero-order valence-electron chi connectivity index (χ0n) is 10.7. The number of alkyl carbamates (subject to hydrolysis) is 1. The third-order valence-electron chi connectivity index (χ3n) is 2.45. The van der Waals surface area contributed by atoms with Crippen molar-refractivity contribution in [3.63, 3.8) is 0 Å². The SMILES string of the molecule is CN1C[C@H](O)C[C@H]1C(=O)NC(=O)OC(C)(C)C. The summed E-state index contributed by atoms with van der Waals surface area (Å²) in [6.45, 7) is 5.61. The quantitative estimate of drug-likeness (QED) is 0.684. The number of nitrogens with zero attached hydrogens (tertiary/aromatic N) is 1. The Hall–Kier alpha value is -1.14. The zero-order valence-corrected chi connectivity index (χ0v) is 10.7. The normalized spacial score (nSPS) is 25.7. The summed E-state index contributed by atoms with van der Waals surface area (Å²) < 4.78 is 4.98. The molecule has 0 radical (unpaired) electrons. The molecule has 1 heterocycles. The topological polar surface area (TPSA) is 78.9 Å². The van der Waals surface area contributed by atoms with E-state index in [1.807, 2.05) is 0 Å². The van der Waals surface area contributed by atoms with Gasteiger partial charge in [-0.05, 0) is 34.2 Å². The Bertz CT molecular complexity index is 311. The molecule has 6 nitrogen and oxygen atoms in total. The zero-order chi connectivity index (χ0) is 13.2. The summed E-state index contributed by atoms with van der Waals surface area (Å²) >= 11 is 0. The summed E-state index contributed by atoms with van der Waals surface area (Å²) in [5, 5.41) is 11.6. The van der Waals surface area contributed by atoms with Gasteiger partial charge in [0.2, 0.25) is 5.91 Å². The molecule has 1 saturated heterocycles. The smallest absolute Gasteiger partial charge is 0.414 e. The van der Waals surface area contributed by atoms with Gasteiger partial charge < -0.3 is 9.84 Å². The minimum absolute atomic E-state index is 0.338. The van der Waals surface area contributed by atoms with Crippen LogP contribution >= 0.6 is 0 Å². The van der Waals surface area contributed by atoms with Crippen LogP contribution in [0.4, 0.5) is 4.79 Å². The summed E-state index contributed by atoms with van der Waals surface area (Å²) in [6, 6.07) is -0.475. The number of rotatable bonds is 1. The highest BCUT2D eigenvalue weighted by Crippen LogP contribution is 2.15. The first-order valence-corrected chi connectivity index (χ1v) is 5.61. The largest absolute Gasteiger partial charge is 0.444 e. The van der Waals surface area contributed by atoms with Crippen molar-refractivity contribution in [2.24, 2.45) is 0 Å². The molecule has 2 N–H and O–H groups in total. The van der Waals surface area contributed by atoms with E-state index in [0.717, 1.165) is 0 Å². The van der Waals surface area contributed by atoms with Crippen LogP contribution in [-0.2, 0) is 9.53 Å². The number of hydrogen-bond acceptors (Lipinski definition) is 5. The summed E-state index contributed by atoms with van der Waals surface area (Å²) in [5.74, 6) is -0.432. The molecule has 2 amide bonds. The van der Waals surface area contributed by atoms with Gasteiger partial charge in [-0.2, -0.15) is 0 Å². The molecule has 0 aromatic carbocycles. The van der Waals surface area contributed by atoms with Crippen LogP contribution in [0.5, 0.6) is 0 Å². The maximum Gasteiger partial charge on any atom is 0.414 e. The lowest BCUT2D eigenvalue weighted by molar-refractivity contribution is -0.124. The van der Waals surface area contributed by atoms with Gasteiger partial charge >= 0.3 is 6.09 Å². The second-order valence-electron chi connectivity index (χ2n) is 5.34. The van der Waals surface area contributed by atoms with E-state index in [-0.39, 0.29) is 0 Å². The number of imide groups is 1. The lowest BCUT2D eigenvalue weighted by Crippen LogP contribution is -2.45. The predicted octanol–water partition coefficient (Wildman–Crippen LogP) is 0.103. The second kappa shape index (κ2) is 5.01. The van der Waals surface area contributed by atoms with Crippen LogP contribution in [0.3, 0.4) is 0 Å². The van der Waals surface area contributed by atoms with Crippen molar-refractivity contribution in [1.29, 1.82) is 0 Å². The fourth-order valence-corrected chi connectivity index (χ4v) is 1.77. The molecule has 98 valence electrons. The number of hydrogen-bond donors (Lipinski definition) is 2. The van der Waals surface area contributed by atoms with Gasteiger partial charge in [0.1, 0.15) is 5.60 Å². The molecule has 0 spiro atoms. The Morgan fingerprint density at radius 3 is 2.41 bits per heavy atom. The van der Waals surface area contributed by atoms with Gasteiger partial charge in [0, 0.05) is 6.54 Å². The Kier molecular flexibility index (Phi) is 4.11. The van der Waals surface area contributed by atoms with Crippen LogP contribution in [0.25, 0.3) is 0 Å². The maximum absolute atomic E-state index is 11.7. The van der Waals surface area contributed by atoms with E-state index in [0.29, 0.717) is 13.0 Å². The first-order chi connectivity index (χ1) is 7.69. The molecule has 2 atom stereocenters. The number of aliphatic hydroxyl groups is 1. The van der Waals surface area contributed by atoms with Crippen LogP contribution in [0.1, 0.15) is 27.2 Å². The van der Waals surface area contributed by atoms with Crippen molar-refractivity contribution in [3.8, 4) is 0 Å². The molecule has 1 rings (SSSR count). The Labute approximate surface area is 101 Å². The van der Waals surface area contributed by atoms with E-state index in [9.17, 15) is 14.7 Å². The summed E-state index contributed by atoms with van der Waals surface area (Å²) in [7, 11) is 1.73. The fraction of sp³-hybridized carbons (Fsp3) is 0.818. The van der Waals surface area contributed by atoms with E-state index in [1.165, 1.54) is 0 Å². The van der Waals surface area contributed by atoms with Crippen LogP contribution in [0.2, 0.25) is 0 Å². The lowest BCUT2D eigenvalue weighted by atomic mass is 10.2. The van der Waals surface area contributed by atoms with E-state index in [1.54, 1.807) is 32.7 Å². The molecule has 1 fully saturated rings. The van der Waals surface area contributed by atoms with Crippen molar-refractivity contribution in [3.05, 3.63) is 0 Å². The number of aliphatic hydroxyl groups excluding tert-OH is 1. The molecule has 0 aromatic heterocycles. The fourth-order valence-electron chi connectivity index (χ4n) is 1.77. The van der Waals surface area contributed by atoms with Gasteiger partial charge in [-0.1, -0.05) is 0 Å². The minimum Gasteiger partial charge on any atom is -0.444 e. The molecule has 0 aromatic rings. The molecular weight excluding hydrogens is 224 g/mol. The van der Waals surface area contributed by atoms with Gasteiger partial charge in [0.05, 0.1) is 12.1 Å². The van der Waals surface area contributed by atoms with Crippen LogP contribution in [0, 0.1) is 0 Å². The number of nitrogens with one attached hydrogen (secondary N) is 1. The first kappa shape index (κ1) is 13.9. The summed E-state index contributed by atoms with van der Waals surface area (Å²) in [5.41, 5.74) is -0.633. The summed E-state index contributed by atoms with van der Waals surface area (Å²) in [4.78, 5) is 24.8. The van der Waals surface area contributed by atoms with Gasteiger partial charge in [-0.25, -0.2) is 4.79 Å². The molecule has 0 aliphatic carbocycles. The highest BCUT2D eigenvalue weighted by atomic mass is 16.6. The van der Waals surface area contributed by atoms with Gasteiger partial charge in [0.15, 0.2) is 0 Å². The van der Waals surface area contributed by atoms with Crippen LogP contribution < -0.4 is 5.32 Å². The molecule has 17 heavy (non-hydrogen) atoms. The van der Waals surface area contributed by atoms with Crippen molar-refractivity contribution >= 4 is 12.0 Å². The van der Waals surface area contributed by atoms with Crippen molar-refractivity contribution in [1.82, 2.24) is 10.2 Å². The third-order valence-corrected chi connectivity index (χ3v) is 2.45. The minimum atomic E-state index is -0.753. The van der Waals surface area contributed by atoms with Crippen molar-refractivity contribution < 1.29 is 19.4 Å². The van der Waals surface area contributed by atoms with Crippen LogP contribution in [-0.4, -0.2) is 53.3 Å². The number of carbonyl (C=O) groups excluding carboxylic acids is 2. The van der Waals surface area contributed by atoms with Crippen LogP contribution in [0.15, 0.2) is 0 Å². The maximum atomic E-state index is 11.7. The van der Waals surface area contributed by atoms with E-state index >= 15 is 0 Å². The Balaban J connectivity index is 2.47. The number of likely N-dealkylation sites (tertiary alicyclic amines) is 1. The molecular formula is C11H20N2O4. The molecule has 0 unspecified atom stereocenters. The standard InChI is InChI=1S/C11H20N2O4/c1-11(2,3)17-10(16)12-9(15)8-5-7(14)6-13(8)4/h7-8,14H,5-6H2,1-4H3,(H,12,15,16)/t7-,8+/m1/s1. The second-order valence-corrected chi connectivity index (χ2v) is 5.34. The van der Waals surface area contributed by atoms with Crippen molar-refractivity contribution in [2.45, 2.75) is 44.9 Å². The highest BCUT2D eigenvalue weighted by Gasteiger charge is 2.34. The number of β-amino-alcohol motifs (C(OH)–C–C–N with tert-alkyl or cyclic N) is 1. The average molecular weight is 244 g/mol. The van der Waals surface area contributed by atoms with E-state index in [4.69, 9.17) is 4.74 Å². The molecule has 1 aliphatic rings. The lowest BCUT2D eigenvalue weighted by Gasteiger charge is -2.21. The number of amides is 2. The Morgan fingerprint density at radius 1 is 1.41 bits per heavy atom. The number of carbonyl (C=O) groups is 2. The number of likely N-dealkylation sites (N-methyl/N-ethyl adjacent to an activating group) is 1. The first-order valence-electron chi connectivity index (χ1n) is 5.61. The molecule has 1 aliphatic heterocycles. The Morgan fingerprint density at radius 2 is 2.00 bits per heavy atom. The summed E-state index contributed by atoms with van der Waals surface area (Å²) in [6.07, 6.45) is -0.933. The van der Waals surface area contributed by atoms with Gasteiger partial charge in [-0.15, -0.1) is 0 Å². The van der Waals surface area contributed by atoms with E-state index in [2.05, 4.69) is 5.32 Å². The van der Waals surface area contributed by atoms with Crippen molar-refractivity contribution in [2.75, 3.05) is 13.6 Å². The molecule has 0 bridgehead atoms. The molecule has 0 saturated carbocycles. The highest BCUT2D eigenvalue weighted by molar-refractivity contribution is 5.95. The third kappa shape index (κ3) is 4.32.